The van der Waals surface area contributed by atoms with Gasteiger partial charge in [0.1, 0.15) is 11.0 Å². The normalized spacial score (nSPS) is 20.0. The Bertz CT molecular complexity index is 640. The van der Waals surface area contributed by atoms with Crippen LogP contribution in [0.15, 0.2) is 36.7 Å². The molecule has 2 aromatic rings. The van der Waals surface area contributed by atoms with Crippen LogP contribution >= 0.6 is 11.6 Å². The number of nitrogens with zero attached hydrogens (tertiary/aromatic N) is 2. The molecule has 1 saturated heterocycles. The molecule has 0 amide bonds. The minimum Gasteiger partial charge on any atom is -0.399 e. The van der Waals surface area contributed by atoms with Crippen molar-refractivity contribution in [2.24, 2.45) is 0 Å². The second-order valence-electron chi connectivity index (χ2n) is 6.23. The lowest BCUT2D eigenvalue weighted by Gasteiger charge is -2.32. The topological polar surface area (TPSA) is 36.3 Å². The summed E-state index contributed by atoms with van der Waals surface area (Å²) in [6, 6.07) is 7.55. The molecule has 0 spiro atoms. The van der Waals surface area contributed by atoms with Gasteiger partial charge < -0.3 is 13.9 Å². The summed E-state index contributed by atoms with van der Waals surface area (Å²) < 4.78 is 14.1. The maximum atomic E-state index is 6.11. The number of hydrogen-bond donors (Lipinski definition) is 0. The van der Waals surface area contributed by atoms with Crippen LogP contribution in [0, 0.1) is 0 Å². The van der Waals surface area contributed by atoms with Crippen molar-refractivity contribution in [2.75, 3.05) is 0 Å². The molecule has 2 aromatic heterocycles. The lowest BCUT2D eigenvalue weighted by molar-refractivity contribution is 0.00578. The van der Waals surface area contributed by atoms with Crippen molar-refractivity contribution in [1.29, 1.82) is 0 Å². The van der Waals surface area contributed by atoms with E-state index in [2.05, 4.69) is 4.98 Å². The van der Waals surface area contributed by atoms with Crippen molar-refractivity contribution < 1.29 is 9.31 Å². The highest BCUT2D eigenvalue weighted by Gasteiger charge is 2.52. The van der Waals surface area contributed by atoms with Crippen LogP contribution in [0.2, 0.25) is 5.15 Å². The Morgan fingerprint density at radius 1 is 1.05 bits per heavy atom. The fourth-order valence-corrected chi connectivity index (χ4v) is 2.42. The lowest BCUT2D eigenvalue weighted by Crippen LogP contribution is -2.41. The van der Waals surface area contributed by atoms with Crippen LogP contribution in [-0.4, -0.2) is 27.9 Å². The molecule has 0 aromatic carbocycles. The summed E-state index contributed by atoms with van der Waals surface area (Å²) in [4.78, 5) is 4.42. The van der Waals surface area contributed by atoms with Crippen molar-refractivity contribution in [1.82, 2.24) is 9.55 Å². The fraction of sp³-hybridized carbons (Fsp3) is 0.400. The zero-order chi connectivity index (χ0) is 15.3. The van der Waals surface area contributed by atoms with Crippen LogP contribution in [0.1, 0.15) is 27.7 Å². The van der Waals surface area contributed by atoms with Gasteiger partial charge in [0.05, 0.1) is 11.2 Å². The summed E-state index contributed by atoms with van der Waals surface area (Å²) in [5.41, 5.74) is 0.102. The van der Waals surface area contributed by atoms with Crippen LogP contribution < -0.4 is 5.46 Å². The van der Waals surface area contributed by atoms with E-state index < -0.39 is 7.12 Å². The molecule has 0 bridgehead atoms. The number of aromatic nitrogens is 2. The summed E-state index contributed by atoms with van der Waals surface area (Å²) in [5.74, 6) is 0.728. The standard InChI is InChI=1S/C15H18BClN2O2/c1-14(2)15(3,4)21-16(20-14)11-7-8-12(17)18-13(11)19-9-5-6-10-19/h5-10H,1-4H3. The second-order valence-corrected chi connectivity index (χ2v) is 6.61. The van der Waals surface area contributed by atoms with Crippen molar-refractivity contribution >= 4 is 24.2 Å². The van der Waals surface area contributed by atoms with Gasteiger partial charge in [-0.25, -0.2) is 4.98 Å². The van der Waals surface area contributed by atoms with Gasteiger partial charge in [-0.05, 0) is 45.9 Å². The van der Waals surface area contributed by atoms with E-state index in [1.807, 2.05) is 62.9 Å². The van der Waals surface area contributed by atoms with Gasteiger partial charge in [0.25, 0.3) is 0 Å². The zero-order valence-electron chi connectivity index (χ0n) is 12.6. The van der Waals surface area contributed by atoms with E-state index in [0.717, 1.165) is 11.3 Å². The van der Waals surface area contributed by atoms with Gasteiger partial charge in [-0.2, -0.15) is 0 Å². The monoisotopic (exact) mass is 304 g/mol. The molecule has 0 atom stereocenters. The van der Waals surface area contributed by atoms with E-state index in [4.69, 9.17) is 20.9 Å². The Balaban J connectivity index is 2.05. The largest absolute Gasteiger partial charge is 0.498 e. The molecule has 0 N–H and O–H groups in total. The van der Waals surface area contributed by atoms with Gasteiger partial charge in [-0.15, -0.1) is 0 Å². The van der Waals surface area contributed by atoms with E-state index in [1.54, 1.807) is 6.07 Å². The summed E-state index contributed by atoms with van der Waals surface area (Å²) >= 11 is 6.05. The molecule has 1 aliphatic heterocycles. The number of pyridine rings is 1. The third-order valence-electron chi connectivity index (χ3n) is 4.23. The summed E-state index contributed by atoms with van der Waals surface area (Å²) in [6.45, 7) is 8.13. The van der Waals surface area contributed by atoms with Gasteiger partial charge in [-0.3, -0.25) is 0 Å². The molecular weight excluding hydrogens is 286 g/mol. The smallest absolute Gasteiger partial charge is 0.399 e. The van der Waals surface area contributed by atoms with Gasteiger partial charge in [0, 0.05) is 17.9 Å². The maximum absolute atomic E-state index is 6.11. The summed E-state index contributed by atoms with van der Waals surface area (Å²) in [5, 5.41) is 0.443. The van der Waals surface area contributed by atoms with Crippen LogP contribution in [0.3, 0.4) is 0 Å². The first-order chi connectivity index (χ1) is 9.80. The predicted molar refractivity (Wildman–Crippen MR) is 84.3 cm³/mol. The number of hydrogen-bond acceptors (Lipinski definition) is 3. The molecule has 1 aliphatic rings. The predicted octanol–water partition coefficient (Wildman–Crippen LogP) is 2.82. The zero-order valence-corrected chi connectivity index (χ0v) is 13.4. The third kappa shape index (κ3) is 2.50. The third-order valence-corrected chi connectivity index (χ3v) is 4.44. The average Bonchev–Trinajstić information content (AvgIpc) is 2.96. The molecule has 0 aliphatic carbocycles. The number of halogens is 1. The van der Waals surface area contributed by atoms with Gasteiger partial charge in [0.15, 0.2) is 0 Å². The van der Waals surface area contributed by atoms with Crippen molar-refractivity contribution in [3.63, 3.8) is 0 Å². The van der Waals surface area contributed by atoms with E-state index in [0.29, 0.717) is 5.15 Å². The minimum atomic E-state index is -0.461. The molecule has 0 unspecified atom stereocenters. The molecular formula is C15H18BClN2O2. The van der Waals surface area contributed by atoms with Crippen molar-refractivity contribution in [3.05, 3.63) is 41.8 Å². The van der Waals surface area contributed by atoms with Crippen LogP contribution in [-0.2, 0) is 9.31 Å². The molecule has 3 heterocycles. The van der Waals surface area contributed by atoms with Crippen LogP contribution in [0.25, 0.3) is 5.82 Å². The Hall–Kier alpha value is -1.30. The first-order valence-electron chi connectivity index (χ1n) is 6.96. The molecule has 4 nitrogen and oxygen atoms in total. The van der Waals surface area contributed by atoms with Gasteiger partial charge in [-0.1, -0.05) is 17.7 Å². The molecule has 0 radical (unpaired) electrons. The highest BCUT2D eigenvalue weighted by atomic mass is 35.5. The molecule has 110 valence electrons. The first kappa shape index (κ1) is 14.6. The summed E-state index contributed by atoms with van der Waals surface area (Å²) in [7, 11) is -0.461. The Kier molecular flexibility index (Phi) is 3.39. The number of rotatable bonds is 2. The Morgan fingerprint density at radius 3 is 2.19 bits per heavy atom. The Labute approximate surface area is 130 Å². The minimum absolute atomic E-state index is 0.384. The molecule has 0 saturated carbocycles. The highest BCUT2D eigenvalue weighted by Crippen LogP contribution is 2.36. The van der Waals surface area contributed by atoms with E-state index in [1.165, 1.54) is 0 Å². The van der Waals surface area contributed by atoms with Crippen molar-refractivity contribution in [3.8, 4) is 5.82 Å². The second kappa shape index (κ2) is 4.87. The lowest BCUT2D eigenvalue weighted by atomic mass is 9.79. The van der Waals surface area contributed by atoms with Gasteiger partial charge in [0.2, 0.25) is 0 Å². The average molecular weight is 305 g/mol. The van der Waals surface area contributed by atoms with Crippen LogP contribution in [0.4, 0.5) is 0 Å². The first-order valence-corrected chi connectivity index (χ1v) is 7.33. The SMILES string of the molecule is CC1(C)OB(c2ccc(Cl)nc2-n2cccc2)OC1(C)C. The molecule has 6 heteroatoms. The highest BCUT2D eigenvalue weighted by molar-refractivity contribution is 6.63. The van der Waals surface area contributed by atoms with Crippen LogP contribution in [0.5, 0.6) is 0 Å². The van der Waals surface area contributed by atoms with E-state index in [-0.39, 0.29) is 11.2 Å². The summed E-state index contributed by atoms with van der Waals surface area (Å²) in [6.07, 6.45) is 3.85. The van der Waals surface area contributed by atoms with E-state index in [9.17, 15) is 0 Å². The maximum Gasteiger partial charge on any atom is 0.498 e. The fourth-order valence-electron chi connectivity index (χ4n) is 2.27. The Morgan fingerprint density at radius 2 is 1.62 bits per heavy atom. The quantitative estimate of drug-likeness (QED) is 0.632. The van der Waals surface area contributed by atoms with Gasteiger partial charge >= 0.3 is 7.12 Å². The molecule has 1 fully saturated rings. The molecule has 3 rings (SSSR count). The van der Waals surface area contributed by atoms with E-state index >= 15 is 0 Å². The van der Waals surface area contributed by atoms with Crippen molar-refractivity contribution in [2.45, 2.75) is 38.9 Å². The molecule has 21 heavy (non-hydrogen) atoms.